The summed E-state index contributed by atoms with van der Waals surface area (Å²) in [7, 11) is 0. The zero-order chi connectivity index (χ0) is 24.4. The van der Waals surface area contributed by atoms with E-state index in [1.807, 2.05) is 25.1 Å². The van der Waals surface area contributed by atoms with Crippen LogP contribution in [0.3, 0.4) is 0 Å². The number of hydrogen-bond acceptors (Lipinski definition) is 9. The third-order valence-corrected chi connectivity index (χ3v) is 7.10. The second-order valence-corrected chi connectivity index (χ2v) is 10.1. The van der Waals surface area contributed by atoms with Crippen LogP contribution in [0.25, 0.3) is 21.6 Å². The smallest absolute Gasteiger partial charge is 0.241 e. The van der Waals surface area contributed by atoms with Crippen molar-refractivity contribution in [3.63, 3.8) is 0 Å². The third kappa shape index (κ3) is 5.67. The number of fused-ring (bicyclic) bond motifs is 1. The number of hydrogen-bond donors (Lipinski definition) is 1. The number of thiazole rings is 1. The van der Waals surface area contributed by atoms with Crippen molar-refractivity contribution in [1.29, 1.82) is 0 Å². The molecule has 184 valence electrons. The highest BCUT2D eigenvalue weighted by Gasteiger charge is 2.27. The molecule has 10 heteroatoms. The molecular formula is C25H28FN5O3S. The Balaban J connectivity index is 1.10. The molecule has 2 aromatic carbocycles. The highest BCUT2D eigenvalue weighted by Crippen LogP contribution is 2.26. The Hall–Kier alpha value is -2.92. The number of aryl methyl sites for hydroxylation is 1. The second kappa shape index (κ2) is 10.4. The van der Waals surface area contributed by atoms with E-state index in [0.717, 1.165) is 34.9 Å². The molecule has 0 spiro atoms. The molecule has 0 bridgehead atoms. The lowest BCUT2D eigenvalue weighted by atomic mass is 10.1. The Bertz CT molecular complexity index is 1300. The Morgan fingerprint density at radius 2 is 2.09 bits per heavy atom. The number of nitrogens with zero attached hydrogens (tertiary/aromatic N) is 5. The van der Waals surface area contributed by atoms with Gasteiger partial charge < -0.3 is 14.4 Å². The molecule has 8 nitrogen and oxygen atoms in total. The number of aliphatic hydroxyl groups excluding tert-OH is 1. The second-order valence-electron chi connectivity index (χ2n) is 8.90. The number of rotatable bonds is 8. The Morgan fingerprint density at radius 3 is 2.91 bits per heavy atom. The van der Waals surface area contributed by atoms with Gasteiger partial charge in [-0.1, -0.05) is 17.3 Å². The van der Waals surface area contributed by atoms with Crippen molar-refractivity contribution in [3.8, 4) is 17.1 Å². The van der Waals surface area contributed by atoms with Gasteiger partial charge >= 0.3 is 0 Å². The zero-order valence-corrected chi connectivity index (χ0v) is 20.5. The molecule has 0 saturated carbocycles. The van der Waals surface area contributed by atoms with Gasteiger partial charge in [-0.25, -0.2) is 9.37 Å². The number of ether oxygens (including phenoxy) is 1. The molecule has 0 radical (unpaired) electrons. The van der Waals surface area contributed by atoms with Gasteiger partial charge in [-0.15, -0.1) is 11.3 Å². The number of halogens is 1. The summed E-state index contributed by atoms with van der Waals surface area (Å²) in [6, 6.07) is 12.5. The normalized spacial score (nSPS) is 18.2. The highest BCUT2D eigenvalue weighted by atomic mass is 32.1. The first-order valence-electron chi connectivity index (χ1n) is 11.7. The van der Waals surface area contributed by atoms with Gasteiger partial charge in [0.2, 0.25) is 11.7 Å². The average molecular weight is 498 g/mol. The third-order valence-electron chi connectivity index (χ3n) is 6.14. The molecule has 3 heterocycles. The van der Waals surface area contributed by atoms with Gasteiger partial charge in [0.1, 0.15) is 24.3 Å². The topological polar surface area (TPSA) is 87.8 Å². The number of aromatic nitrogens is 3. The van der Waals surface area contributed by atoms with Crippen molar-refractivity contribution in [2.75, 3.05) is 32.8 Å². The number of aliphatic hydroxyl groups is 1. The lowest BCUT2D eigenvalue weighted by Gasteiger charge is -2.40. The lowest BCUT2D eigenvalue weighted by molar-refractivity contribution is 0.0174. The molecule has 0 aliphatic carbocycles. The first-order chi connectivity index (χ1) is 16.9. The molecule has 2 atom stereocenters. The molecule has 35 heavy (non-hydrogen) atoms. The van der Waals surface area contributed by atoms with Gasteiger partial charge in [0.25, 0.3) is 0 Å². The van der Waals surface area contributed by atoms with E-state index < -0.39 is 6.10 Å². The van der Waals surface area contributed by atoms with Crippen LogP contribution in [0.15, 0.2) is 47.0 Å². The quantitative estimate of drug-likeness (QED) is 0.394. The molecule has 1 fully saturated rings. The van der Waals surface area contributed by atoms with E-state index >= 15 is 0 Å². The zero-order valence-electron chi connectivity index (χ0n) is 19.7. The summed E-state index contributed by atoms with van der Waals surface area (Å²) in [6.45, 7) is 7.78. The monoisotopic (exact) mass is 497 g/mol. The van der Waals surface area contributed by atoms with Crippen molar-refractivity contribution in [2.45, 2.75) is 32.5 Å². The fourth-order valence-corrected chi connectivity index (χ4v) is 5.18. The minimum atomic E-state index is -0.601. The van der Waals surface area contributed by atoms with E-state index in [1.54, 1.807) is 29.5 Å². The van der Waals surface area contributed by atoms with Crippen LogP contribution in [-0.4, -0.2) is 75.0 Å². The molecular weight excluding hydrogens is 469 g/mol. The summed E-state index contributed by atoms with van der Waals surface area (Å²) >= 11 is 1.65. The maximum atomic E-state index is 14.0. The predicted molar refractivity (Wildman–Crippen MR) is 132 cm³/mol. The molecule has 1 saturated heterocycles. The first kappa shape index (κ1) is 23.8. The summed E-state index contributed by atoms with van der Waals surface area (Å²) in [5.41, 5.74) is 1.25. The van der Waals surface area contributed by atoms with E-state index in [2.05, 4.69) is 31.8 Å². The van der Waals surface area contributed by atoms with Gasteiger partial charge in [-0.3, -0.25) is 9.80 Å². The van der Waals surface area contributed by atoms with Gasteiger partial charge in [0, 0.05) is 38.3 Å². The highest BCUT2D eigenvalue weighted by molar-refractivity contribution is 7.18. The summed E-state index contributed by atoms with van der Waals surface area (Å²) in [6.07, 6.45) is -0.601. The van der Waals surface area contributed by atoms with Crippen LogP contribution in [0.5, 0.6) is 5.75 Å². The molecule has 2 unspecified atom stereocenters. The molecule has 1 N–H and O–H groups in total. The summed E-state index contributed by atoms with van der Waals surface area (Å²) in [5.74, 6) is 1.07. The Labute approximate surface area is 207 Å². The van der Waals surface area contributed by atoms with Gasteiger partial charge in [0.15, 0.2) is 0 Å². The van der Waals surface area contributed by atoms with Crippen LogP contribution in [0.4, 0.5) is 4.39 Å². The van der Waals surface area contributed by atoms with Gasteiger partial charge in [-0.2, -0.15) is 4.98 Å². The van der Waals surface area contributed by atoms with Crippen LogP contribution in [-0.2, 0) is 6.54 Å². The molecule has 4 aromatic rings. The van der Waals surface area contributed by atoms with Gasteiger partial charge in [-0.05, 0) is 38.1 Å². The fraction of sp³-hybridized carbons (Fsp3) is 0.400. The van der Waals surface area contributed by atoms with Crippen LogP contribution in [0.2, 0.25) is 0 Å². The number of benzene rings is 2. The molecule has 5 rings (SSSR count). The minimum absolute atomic E-state index is 0.225. The van der Waals surface area contributed by atoms with E-state index in [-0.39, 0.29) is 24.3 Å². The van der Waals surface area contributed by atoms with Crippen molar-refractivity contribution in [2.24, 2.45) is 0 Å². The molecule has 2 aromatic heterocycles. The number of β-amino-alcohol motifs (C(OH)–C–C–N with tert-alkyl or cyclic N) is 1. The molecule has 1 aliphatic rings. The predicted octanol–water partition coefficient (Wildman–Crippen LogP) is 3.74. The van der Waals surface area contributed by atoms with E-state index in [9.17, 15) is 9.50 Å². The van der Waals surface area contributed by atoms with Crippen LogP contribution in [0.1, 0.15) is 17.8 Å². The molecule has 0 amide bonds. The number of piperazine rings is 1. The van der Waals surface area contributed by atoms with Crippen molar-refractivity contribution in [1.82, 2.24) is 24.9 Å². The average Bonchev–Trinajstić information content (AvgIpc) is 3.45. The van der Waals surface area contributed by atoms with Crippen molar-refractivity contribution >= 4 is 21.6 Å². The summed E-state index contributed by atoms with van der Waals surface area (Å²) in [5, 5.41) is 15.5. The van der Waals surface area contributed by atoms with E-state index in [1.165, 1.54) is 6.07 Å². The SMILES string of the molecule is Cc1nc2cc(OCC(O)CN3CCN(Cc4nc(-c5ccccc5F)no4)CC3C)ccc2s1. The summed E-state index contributed by atoms with van der Waals surface area (Å²) in [4.78, 5) is 13.4. The van der Waals surface area contributed by atoms with Crippen LogP contribution >= 0.6 is 11.3 Å². The van der Waals surface area contributed by atoms with E-state index in [0.29, 0.717) is 30.3 Å². The standard InChI is InChI=1S/C25H28FN5O3S/c1-16-12-30(14-24-28-25(29-34-24)20-5-3-4-6-21(20)26)9-10-31(16)13-18(32)15-33-19-7-8-23-22(11-19)27-17(2)35-23/h3-8,11,16,18,32H,9-10,12-15H2,1-2H3. The molecule has 1 aliphatic heterocycles. The fourth-order valence-electron chi connectivity index (χ4n) is 4.38. The Kier molecular flexibility index (Phi) is 7.05. The maximum Gasteiger partial charge on any atom is 0.241 e. The van der Waals surface area contributed by atoms with Crippen molar-refractivity contribution < 1.29 is 18.8 Å². The largest absolute Gasteiger partial charge is 0.491 e. The van der Waals surface area contributed by atoms with Crippen molar-refractivity contribution in [3.05, 3.63) is 59.2 Å². The van der Waals surface area contributed by atoms with Crippen LogP contribution in [0, 0.1) is 12.7 Å². The lowest BCUT2D eigenvalue weighted by Crippen LogP contribution is -2.53. The first-order valence-corrected chi connectivity index (χ1v) is 12.5. The maximum absolute atomic E-state index is 14.0. The summed E-state index contributed by atoms with van der Waals surface area (Å²) < 4.78 is 26.3. The minimum Gasteiger partial charge on any atom is -0.491 e. The Morgan fingerprint density at radius 1 is 1.23 bits per heavy atom. The van der Waals surface area contributed by atoms with E-state index in [4.69, 9.17) is 9.26 Å². The van der Waals surface area contributed by atoms with Crippen LogP contribution < -0.4 is 4.74 Å². The van der Waals surface area contributed by atoms with Gasteiger partial charge in [0.05, 0.1) is 27.3 Å².